The second kappa shape index (κ2) is 10.7. The largest absolute Gasteiger partial charge is 0.494 e. The fourth-order valence-corrected chi connectivity index (χ4v) is 4.61. The minimum Gasteiger partial charge on any atom is -0.494 e. The highest BCUT2D eigenvalue weighted by molar-refractivity contribution is 7.22. The average Bonchev–Trinajstić information content (AvgIpc) is 3.47. The average molecular weight is 457 g/mol. The first-order valence-corrected chi connectivity index (χ1v) is 11.8. The first kappa shape index (κ1) is 22.4. The highest BCUT2D eigenvalue weighted by Gasteiger charge is 2.27. The zero-order valence-electron chi connectivity index (χ0n) is 18.4. The highest BCUT2D eigenvalue weighted by atomic mass is 32.1. The molecule has 2 aromatic carbocycles. The number of carbonyl (C=O) groups excluding carboxylic acids is 1. The lowest BCUT2D eigenvalue weighted by molar-refractivity contribution is -0.120. The third kappa shape index (κ3) is 5.31. The van der Waals surface area contributed by atoms with Crippen LogP contribution in [-0.2, 0) is 9.53 Å². The molecule has 1 aliphatic heterocycles. The summed E-state index contributed by atoms with van der Waals surface area (Å²) >= 11 is 1.47. The van der Waals surface area contributed by atoms with Crippen molar-refractivity contribution in [2.45, 2.75) is 32.8 Å². The van der Waals surface area contributed by atoms with Crippen molar-refractivity contribution in [2.24, 2.45) is 0 Å². The maximum atomic E-state index is 13.2. The lowest BCUT2D eigenvalue weighted by Gasteiger charge is -2.23. The summed E-state index contributed by atoms with van der Waals surface area (Å²) < 4.78 is 23.7. The molecule has 0 N–H and O–H groups in total. The number of benzene rings is 2. The SMILES string of the molecule is CCOc1ccc(OCC(=O)N(CC2CCCO2)c2nc3c(OCC)cccc3s2)cc1. The molecule has 1 aromatic heterocycles. The van der Waals surface area contributed by atoms with Gasteiger partial charge < -0.3 is 18.9 Å². The zero-order valence-corrected chi connectivity index (χ0v) is 19.2. The Balaban J connectivity index is 1.52. The van der Waals surface area contributed by atoms with Crippen LogP contribution in [0, 0.1) is 0 Å². The van der Waals surface area contributed by atoms with E-state index in [1.54, 1.807) is 17.0 Å². The van der Waals surface area contributed by atoms with Crippen molar-refractivity contribution in [1.29, 1.82) is 0 Å². The van der Waals surface area contributed by atoms with Gasteiger partial charge in [-0.2, -0.15) is 0 Å². The predicted molar refractivity (Wildman–Crippen MR) is 125 cm³/mol. The van der Waals surface area contributed by atoms with Gasteiger partial charge in [0.2, 0.25) is 0 Å². The third-order valence-electron chi connectivity index (χ3n) is 5.11. The van der Waals surface area contributed by atoms with E-state index in [2.05, 4.69) is 0 Å². The lowest BCUT2D eigenvalue weighted by Crippen LogP contribution is -2.40. The van der Waals surface area contributed by atoms with Crippen LogP contribution in [0.1, 0.15) is 26.7 Å². The Morgan fingerprint density at radius 2 is 1.84 bits per heavy atom. The standard InChI is InChI=1S/C24H28N2O5S/c1-3-28-17-10-12-18(13-11-17)31-16-22(27)26(15-19-7-6-14-30-19)24-25-23-20(29-4-2)8-5-9-21(23)32-24/h5,8-13,19H,3-4,6-7,14-16H2,1-2H3. The smallest absolute Gasteiger partial charge is 0.266 e. The van der Waals surface area contributed by atoms with Crippen molar-refractivity contribution in [3.63, 3.8) is 0 Å². The molecule has 170 valence electrons. The fourth-order valence-electron chi connectivity index (χ4n) is 3.60. The van der Waals surface area contributed by atoms with E-state index in [0.29, 0.717) is 30.6 Å². The molecule has 4 rings (SSSR count). The number of para-hydroxylation sites is 1. The van der Waals surface area contributed by atoms with Crippen molar-refractivity contribution in [1.82, 2.24) is 4.98 Å². The van der Waals surface area contributed by atoms with Gasteiger partial charge in [0.1, 0.15) is 22.8 Å². The van der Waals surface area contributed by atoms with Gasteiger partial charge in [-0.25, -0.2) is 4.98 Å². The van der Waals surface area contributed by atoms with E-state index in [0.717, 1.165) is 41.2 Å². The summed E-state index contributed by atoms with van der Waals surface area (Å²) in [5.74, 6) is 1.95. The Morgan fingerprint density at radius 1 is 1.09 bits per heavy atom. The monoisotopic (exact) mass is 456 g/mol. The highest BCUT2D eigenvalue weighted by Crippen LogP contribution is 2.35. The molecule has 0 saturated carbocycles. The molecule has 0 spiro atoms. The van der Waals surface area contributed by atoms with Gasteiger partial charge in [0.05, 0.1) is 30.6 Å². The van der Waals surface area contributed by atoms with Crippen LogP contribution in [0.25, 0.3) is 10.2 Å². The van der Waals surface area contributed by atoms with Crippen molar-refractivity contribution in [2.75, 3.05) is 37.9 Å². The summed E-state index contributed by atoms with van der Waals surface area (Å²) in [6, 6.07) is 13.1. The number of thiazole rings is 1. The first-order chi connectivity index (χ1) is 15.7. The molecule has 2 heterocycles. The number of amides is 1. The first-order valence-electron chi connectivity index (χ1n) is 11.0. The fraction of sp³-hybridized carbons (Fsp3) is 0.417. The minimum atomic E-state index is -0.161. The summed E-state index contributed by atoms with van der Waals surface area (Å²) in [6.45, 7) is 6.13. The molecular weight excluding hydrogens is 428 g/mol. The van der Waals surface area contributed by atoms with Gasteiger partial charge >= 0.3 is 0 Å². The van der Waals surface area contributed by atoms with Gasteiger partial charge in [0.25, 0.3) is 5.91 Å². The normalized spacial score (nSPS) is 15.6. The van der Waals surface area contributed by atoms with Crippen LogP contribution >= 0.6 is 11.3 Å². The Labute approximate surface area is 191 Å². The third-order valence-corrected chi connectivity index (χ3v) is 6.15. The van der Waals surface area contributed by atoms with Gasteiger partial charge in [-0.1, -0.05) is 17.4 Å². The zero-order chi connectivity index (χ0) is 22.3. The number of anilines is 1. The van der Waals surface area contributed by atoms with E-state index in [1.807, 2.05) is 44.2 Å². The van der Waals surface area contributed by atoms with Crippen LogP contribution in [0.2, 0.25) is 0 Å². The topological polar surface area (TPSA) is 70.1 Å². The van der Waals surface area contributed by atoms with Crippen LogP contribution in [0.3, 0.4) is 0 Å². The second-order valence-electron chi connectivity index (χ2n) is 7.36. The van der Waals surface area contributed by atoms with E-state index in [1.165, 1.54) is 11.3 Å². The molecule has 32 heavy (non-hydrogen) atoms. The van der Waals surface area contributed by atoms with E-state index in [9.17, 15) is 4.79 Å². The van der Waals surface area contributed by atoms with E-state index >= 15 is 0 Å². The number of aromatic nitrogens is 1. The maximum absolute atomic E-state index is 13.2. The summed E-state index contributed by atoms with van der Waals surface area (Å²) in [5, 5.41) is 0.628. The lowest BCUT2D eigenvalue weighted by atomic mass is 10.2. The van der Waals surface area contributed by atoms with Gasteiger partial charge in [0.15, 0.2) is 11.7 Å². The predicted octanol–water partition coefficient (Wildman–Crippen LogP) is 4.68. The summed E-state index contributed by atoms with van der Waals surface area (Å²) in [4.78, 5) is 19.7. The summed E-state index contributed by atoms with van der Waals surface area (Å²) in [5.41, 5.74) is 0.770. The molecule has 0 aliphatic carbocycles. The molecule has 1 aliphatic rings. The van der Waals surface area contributed by atoms with Crippen LogP contribution < -0.4 is 19.1 Å². The van der Waals surface area contributed by atoms with Gasteiger partial charge in [-0.15, -0.1) is 0 Å². The molecule has 1 amide bonds. The molecule has 0 bridgehead atoms. The molecule has 7 nitrogen and oxygen atoms in total. The van der Waals surface area contributed by atoms with Crippen molar-refractivity contribution >= 4 is 32.6 Å². The van der Waals surface area contributed by atoms with Gasteiger partial charge in [-0.3, -0.25) is 9.69 Å². The number of hydrogen-bond acceptors (Lipinski definition) is 7. The Kier molecular flexibility index (Phi) is 7.44. The minimum absolute atomic E-state index is 0.00259. The molecule has 1 atom stereocenters. The quantitative estimate of drug-likeness (QED) is 0.441. The number of ether oxygens (including phenoxy) is 4. The van der Waals surface area contributed by atoms with Gasteiger partial charge in [-0.05, 0) is 63.1 Å². The second-order valence-corrected chi connectivity index (χ2v) is 8.37. The number of fused-ring (bicyclic) bond motifs is 1. The van der Waals surface area contributed by atoms with E-state index < -0.39 is 0 Å². The maximum Gasteiger partial charge on any atom is 0.266 e. The van der Waals surface area contributed by atoms with E-state index in [-0.39, 0.29) is 18.6 Å². The van der Waals surface area contributed by atoms with Crippen LogP contribution in [-0.4, -0.2) is 50.0 Å². The van der Waals surface area contributed by atoms with Crippen molar-refractivity contribution in [3.8, 4) is 17.2 Å². The summed E-state index contributed by atoms with van der Waals surface area (Å²) in [6.07, 6.45) is 1.94. The molecule has 8 heteroatoms. The van der Waals surface area contributed by atoms with Gasteiger partial charge in [0, 0.05) is 6.61 Å². The number of nitrogens with zero attached hydrogens (tertiary/aromatic N) is 2. The summed E-state index contributed by atoms with van der Waals surface area (Å²) in [7, 11) is 0. The molecule has 1 unspecified atom stereocenters. The van der Waals surface area contributed by atoms with Crippen molar-refractivity contribution < 1.29 is 23.7 Å². The molecular formula is C24H28N2O5S. The molecule has 1 saturated heterocycles. The number of rotatable bonds is 10. The van der Waals surface area contributed by atoms with E-state index in [4.69, 9.17) is 23.9 Å². The van der Waals surface area contributed by atoms with Crippen LogP contribution in [0.15, 0.2) is 42.5 Å². The molecule has 3 aromatic rings. The number of carbonyl (C=O) groups is 1. The van der Waals surface area contributed by atoms with Crippen LogP contribution in [0.4, 0.5) is 5.13 Å². The Morgan fingerprint density at radius 3 is 2.53 bits per heavy atom. The number of hydrogen-bond donors (Lipinski definition) is 0. The Bertz CT molecular complexity index is 1030. The Hall–Kier alpha value is -2.84. The van der Waals surface area contributed by atoms with Crippen molar-refractivity contribution in [3.05, 3.63) is 42.5 Å². The van der Waals surface area contributed by atoms with Crippen LogP contribution in [0.5, 0.6) is 17.2 Å². The molecule has 1 fully saturated rings. The molecule has 0 radical (unpaired) electrons.